The van der Waals surface area contributed by atoms with Gasteiger partial charge in [0.2, 0.25) is 0 Å². The lowest BCUT2D eigenvalue weighted by Crippen LogP contribution is -1.87. The number of rotatable bonds is 2. The van der Waals surface area contributed by atoms with E-state index >= 15 is 0 Å². The third kappa shape index (κ3) is 2.35. The van der Waals surface area contributed by atoms with Crippen LogP contribution in [-0.4, -0.2) is 11.2 Å². The number of benzene rings is 3. The molecule has 0 bridgehead atoms. The Morgan fingerprint density at radius 1 is 0.800 bits per heavy atom. The predicted molar refractivity (Wildman–Crippen MR) is 111 cm³/mol. The standard InChI is InChI=1S/C22H15NS2/c1-24-15-11-12-19-17(13-15)20(14-7-3-2-4-8-14)21-16-9-5-6-10-18(16)23-22(21)25-19/h2-13H,1H3. The van der Waals surface area contributed by atoms with Crippen molar-refractivity contribution in [2.24, 2.45) is 0 Å². The predicted octanol–water partition coefficient (Wildman–Crippen LogP) is 6.94. The first-order valence-electron chi connectivity index (χ1n) is 8.19. The lowest BCUT2D eigenvalue weighted by atomic mass is 9.96. The number of nitrogens with zero attached hydrogens (tertiary/aromatic N) is 1. The van der Waals surface area contributed by atoms with Crippen LogP contribution in [-0.2, 0) is 0 Å². The lowest BCUT2D eigenvalue weighted by molar-refractivity contribution is 1.50. The Balaban J connectivity index is 2.02. The molecule has 25 heavy (non-hydrogen) atoms. The monoisotopic (exact) mass is 357 g/mol. The van der Waals surface area contributed by atoms with Crippen molar-refractivity contribution in [1.82, 2.24) is 4.98 Å². The van der Waals surface area contributed by atoms with E-state index < -0.39 is 0 Å². The van der Waals surface area contributed by atoms with Gasteiger partial charge in [0.15, 0.2) is 0 Å². The summed E-state index contributed by atoms with van der Waals surface area (Å²) < 4.78 is 1.28. The van der Waals surface area contributed by atoms with Gasteiger partial charge in [-0.25, -0.2) is 4.98 Å². The molecule has 3 aromatic carbocycles. The third-order valence-electron chi connectivity index (χ3n) is 4.58. The number of aromatic nitrogens is 1. The average molecular weight is 358 g/mol. The van der Waals surface area contributed by atoms with Gasteiger partial charge in [0.1, 0.15) is 5.01 Å². The summed E-state index contributed by atoms with van der Waals surface area (Å²) >= 11 is 3.57. The normalized spacial score (nSPS) is 11.6. The summed E-state index contributed by atoms with van der Waals surface area (Å²) in [5, 5.41) is 3.67. The zero-order valence-electron chi connectivity index (χ0n) is 13.7. The van der Waals surface area contributed by atoms with E-state index in [2.05, 4.69) is 79.1 Å². The van der Waals surface area contributed by atoms with Crippen LogP contribution >= 0.6 is 23.1 Å². The number of hydrogen-bond donors (Lipinski definition) is 0. The molecule has 3 heteroatoms. The van der Waals surface area contributed by atoms with Crippen LogP contribution in [0.4, 0.5) is 0 Å². The molecule has 0 atom stereocenters. The second-order valence-electron chi connectivity index (χ2n) is 6.01. The van der Waals surface area contributed by atoms with Gasteiger partial charge in [0.25, 0.3) is 0 Å². The van der Waals surface area contributed by atoms with Crippen LogP contribution in [0.3, 0.4) is 0 Å². The van der Waals surface area contributed by atoms with Crippen LogP contribution in [0.5, 0.6) is 0 Å². The Kier molecular flexibility index (Phi) is 3.51. The third-order valence-corrected chi connectivity index (χ3v) is 6.37. The molecule has 1 nitrogen and oxygen atoms in total. The number of thioether (sulfide) groups is 1. The molecular weight excluding hydrogens is 342 g/mol. The highest BCUT2D eigenvalue weighted by Crippen LogP contribution is 2.47. The minimum absolute atomic E-state index is 1.08. The molecule has 0 amide bonds. The van der Waals surface area contributed by atoms with Gasteiger partial charge >= 0.3 is 0 Å². The van der Waals surface area contributed by atoms with Crippen molar-refractivity contribution in [3.05, 3.63) is 72.8 Å². The van der Waals surface area contributed by atoms with Gasteiger partial charge in [-0.3, -0.25) is 0 Å². The molecule has 0 radical (unpaired) electrons. The first-order chi connectivity index (χ1) is 12.3. The van der Waals surface area contributed by atoms with Crippen molar-refractivity contribution in [3.63, 3.8) is 0 Å². The number of para-hydroxylation sites is 1. The van der Waals surface area contributed by atoms with Gasteiger partial charge in [0, 0.05) is 31.5 Å². The molecule has 120 valence electrons. The molecule has 0 aliphatic carbocycles. The van der Waals surface area contributed by atoms with Gasteiger partial charge in [-0.2, -0.15) is 0 Å². The number of fused-ring (bicyclic) bond motifs is 4. The highest BCUT2D eigenvalue weighted by Gasteiger charge is 2.21. The molecule has 5 rings (SSSR count). The van der Waals surface area contributed by atoms with Crippen molar-refractivity contribution < 1.29 is 0 Å². The Morgan fingerprint density at radius 2 is 1.60 bits per heavy atom. The van der Waals surface area contributed by atoms with Crippen LogP contribution in [0.15, 0.2) is 77.7 Å². The Hall–Kier alpha value is -2.36. The molecule has 3 aromatic rings. The molecule has 0 spiro atoms. The summed E-state index contributed by atoms with van der Waals surface area (Å²) in [5.74, 6) is 0. The van der Waals surface area contributed by atoms with Crippen molar-refractivity contribution >= 4 is 44.1 Å². The van der Waals surface area contributed by atoms with Gasteiger partial charge < -0.3 is 0 Å². The van der Waals surface area contributed by atoms with Gasteiger partial charge in [-0.1, -0.05) is 48.5 Å². The smallest absolute Gasteiger partial charge is 0.125 e. The molecule has 2 aliphatic rings. The maximum atomic E-state index is 4.91. The summed E-state index contributed by atoms with van der Waals surface area (Å²) in [6, 6.07) is 25.9. The largest absolute Gasteiger partial charge is 0.237 e. The van der Waals surface area contributed by atoms with Crippen molar-refractivity contribution in [2.75, 3.05) is 6.26 Å². The maximum absolute atomic E-state index is 4.91. The van der Waals surface area contributed by atoms with Gasteiger partial charge in [0.05, 0.1) is 5.52 Å². The van der Waals surface area contributed by atoms with Crippen molar-refractivity contribution in [2.45, 2.75) is 4.90 Å². The lowest BCUT2D eigenvalue weighted by Gasteiger charge is -2.13. The van der Waals surface area contributed by atoms with Crippen molar-refractivity contribution in [1.29, 1.82) is 0 Å². The molecule has 0 N–H and O–H groups in total. The minimum Gasteiger partial charge on any atom is -0.237 e. The average Bonchev–Trinajstić information content (AvgIpc) is 3.04. The van der Waals surface area contributed by atoms with Crippen LogP contribution in [0.25, 0.3) is 42.7 Å². The van der Waals surface area contributed by atoms with Crippen LogP contribution in [0.2, 0.25) is 0 Å². The molecule has 0 aromatic heterocycles. The van der Waals surface area contributed by atoms with E-state index in [1.54, 1.807) is 23.1 Å². The van der Waals surface area contributed by atoms with E-state index in [0.717, 1.165) is 10.5 Å². The topological polar surface area (TPSA) is 12.9 Å². The molecular formula is C22H15NS2. The summed E-state index contributed by atoms with van der Waals surface area (Å²) in [6.07, 6.45) is 2.13. The summed E-state index contributed by atoms with van der Waals surface area (Å²) in [5.41, 5.74) is 4.90. The SMILES string of the molecule is CSc1ccc2sc3nc4ccccc4c-3c(-c3ccccc3)c2c1. The second-order valence-corrected chi connectivity index (χ2v) is 7.92. The van der Waals surface area contributed by atoms with E-state index in [0.29, 0.717) is 0 Å². The van der Waals surface area contributed by atoms with Crippen molar-refractivity contribution in [3.8, 4) is 21.7 Å². The first-order valence-corrected chi connectivity index (χ1v) is 10.2. The summed E-state index contributed by atoms with van der Waals surface area (Å²) in [4.78, 5) is 6.20. The van der Waals surface area contributed by atoms with E-state index in [4.69, 9.17) is 4.98 Å². The first kappa shape index (κ1) is 14.9. The quantitative estimate of drug-likeness (QED) is 0.317. The minimum atomic E-state index is 1.08. The zero-order valence-corrected chi connectivity index (χ0v) is 15.3. The van der Waals surface area contributed by atoms with Crippen LogP contribution < -0.4 is 0 Å². The fraction of sp³-hybridized carbons (Fsp3) is 0.0455. The molecule has 2 aliphatic heterocycles. The second kappa shape index (κ2) is 5.87. The summed E-state index contributed by atoms with van der Waals surface area (Å²) in [7, 11) is 0. The van der Waals surface area contributed by atoms with Gasteiger partial charge in [-0.05, 0) is 36.1 Å². The molecule has 0 saturated heterocycles. The molecule has 0 unspecified atom stereocenters. The fourth-order valence-corrected chi connectivity index (χ4v) is 4.96. The molecule has 0 fully saturated rings. The summed E-state index contributed by atoms with van der Waals surface area (Å²) in [6.45, 7) is 0. The number of hydrogen-bond acceptors (Lipinski definition) is 3. The van der Waals surface area contributed by atoms with Gasteiger partial charge in [-0.15, -0.1) is 23.1 Å². The van der Waals surface area contributed by atoms with E-state index in [1.807, 2.05) is 0 Å². The maximum Gasteiger partial charge on any atom is 0.125 e. The highest BCUT2D eigenvalue weighted by atomic mass is 32.2. The zero-order chi connectivity index (χ0) is 16.8. The van der Waals surface area contributed by atoms with Crippen LogP contribution in [0.1, 0.15) is 0 Å². The Bertz CT molecular complexity index is 1170. The Labute approximate surface area is 154 Å². The van der Waals surface area contributed by atoms with E-state index in [1.165, 1.54) is 37.1 Å². The fourth-order valence-electron chi connectivity index (χ4n) is 3.44. The Morgan fingerprint density at radius 3 is 2.44 bits per heavy atom. The highest BCUT2D eigenvalue weighted by molar-refractivity contribution is 7.98. The van der Waals surface area contributed by atoms with E-state index in [-0.39, 0.29) is 0 Å². The van der Waals surface area contributed by atoms with Crippen LogP contribution in [0, 0.1) is 0 Å². The molecule has 2 heterocycles. The molecule has 0 saturated carbocycles. The van der Waals surface area contributed by atoms with E-state index in [9.17, 15) is 0 Å².